The number of amides is 1. The molecule has 1 aromatic heterocycles. The number of aromatic nitrogens is 1. The molecule has 1 saturated heterocycles. The molecule has 1 N–H and O–H groups in total. The number of methoxy groups -OCH3 is 1. The number of carbonyl (C=O) groups excluding carboxylic acids is 1. The summed E-state index contributed by atoms with van der Waals surface area (Å²) in [5.41, 5.74) is 0.786. The van der Waals surface area contributed by atoms with Crippen LogP contribution in [-0.4, -0.2) is 50.1 Å². The number of sulfonamides is 1. The van der Waals surface area contributed by atoms with Crippen LogP contribution >= 0.6 is 0 Å². The Kier molecular flexibility index (Phi) is 5.36. The molecule has 1 aliphatic rings. The maximum atomic E-state index is 12.2. The normalized spacial score (nSPS) is 19.6. The largest absolute Gasteiger partial charge is 0.481 e. The molecule has 0 spiro atoms. The molecule has 2 heterocycles. The van der Waals surface area contributed by atoms with Gasteiger partial charge in [-0.15, -0.1) is 0 Å². The summed E-state index contributed by atoms with van der Waals surface area (Å²) in [6.07, 6.45) is 4.19. The molecule has 2 rings (SSSR count). The molecule has 22 heavy (non-hydrogen) atoms. The van der Waals surface area contributed by atoms with Crippen LogP contribution in [0, 0.1) is 5.92 Å². The van der Waals surface area contributed by atoms with E-state index in [4.69, 9.17) is 4.74 Å². The van der Waals surface area contributed by atoms with E-state index in [0.717, 1.165) is 5.56 Å². The van der Waals surface area contributed by atoms with Gasteiger partial charge in [-0.2, -0.15) is 0 Å². The Morgan fingerprint density at radius 3 is 3.00 bits per heavy atom. The van der Waals surface area contributed by atoms with Crippen molar-refractivity contribution in [3.63, 3.8) is 0 Å². The molecule has 1 aromatic rings. The molecule has 0 saturated carbocycles. The van der Waals surface area contributed by atoms with Crippen molar-refractivity contribution < 1.29 is 17.9 Å². The van der Waals surface area contributed by atoms with Crippen LogP contribution in [0.3, 0.4) is 0 Å². The number of nitrogens with one attached hydrogen (secondary N) is 1. The second kappa shape index (κ2) is 7.06. The lowest BCUT2D eigenvalue weighted by Gasteiger charge is -2.30. The van der Waals surface area contributed by atoms with Gasteiger partial charge in [0.2, 0.25) is 21.8 Å². The second-order valence-corrected chi connectivity index (χ2v) is 7.33. The van der Waals surface area contributed by atoms with E-state index in [2.05, 4.69) is 10.3 Å². The van der Waals surface area contributed by atoms with Gasteiger partial charge in [0.25, 0.3) is 0 Å². The second-order valence-electron chi connectivity index (χ2n) is 5.35. The maximum Gasteiger partial charge on any atom is 0.224 e. The molecule has 0 bridgehead atoms. The summed E-state index contributed by atoms with van der Waals surface area (Å²) in [6.45, 7) is 1.04. The summed E-state index contributed by atoms with van der Waals surface area (Å²) in [5.74, 6) is 0.0228. The molecule has 1 fully saturated rings. The molecule has 0 unspecified atom stereocenters. The Balaban J connectivity index is 1.95. The van der Waals surface area contributed by atoms with Gasteiger partial charge in [0.15, 0.2) is 0 Å². The minimum atomic E-state index is -3.25. The van der Waals surface area contributed by atoms with E-state index in [1.807, 2.05) is 6.07 Å². The van der Waals surface area contributed by atoms with Crippen LogP contribution in [0.15, 0.2) is 18.3 Å². The molecule has 0 aliphatic carbocycles. The molecule has 8 heteroatoms. The summed E-state index contributed by atoms with van der Waals surface area (Å²) >= 11 is 0. The van der Waals surface area contributed by atoms with E-state index in [0.29, 0.717) is 31.8 Å². The molecule has 1 aliphatic heterocycles. The fraction of sp³-hybridized carbons (Fsp3) is 0.571. The summed E-state index contributed by atoms with van der Waals surface area (Å²) in [6, 6.07) is 3.60. The van der Waals surface area contributed by atoms with Gasteiger partial charge in [-0.3, -0.25) is 4.79 Å². The third kappa shape index (κ3) is 4.17. The third-order valence-electron chi connectivity index (χ3n) is 3.72. The lowest BCUT2D eigenvalue weighted by molar-refractivity contribution is -0.126. The topological polar surface area (TPSA) is 88.6 Å². The van der Waals surface area contributed by atoms with Gasteiger partial charge in [-0.05, 0) is 18.9 Å². The number of nitrogens with zero attached hydrogens (tertiary/aromatic N) is 2. The summed E-state index contributed by atoms with van der Waals surface area (Å²) < 4.78 is 29.7. The van der Waals surface area contributed by atoms with Gasteiger partial charge in [-0.25, -0.2) is 17.7 Å². The fourth-order valence-electron chi connectivity index (χ4n) is 2.53. The van der Waals surface area contributed by atoms with Crippen molar-refractivity contribution >= 4 is 15.9 Å². The average molecular weight is 327 g/mol. The molecular weight excluding hydrogens is 306 g/mol. The van der Waals surface area contributed by atoms with Gasteiger partial charge < -0.3 is 10.1 Å². The third-order valence-corrected chi connectivity index (χ3v) is 4.99. The first-order chi connectivity index (χ1) is 10.4. The van der Waals surface area contributed by atoms with Gasteiger partial charge in [0, 0.05) is 31.4 Å². The zero-order valence-corrected chi connectivity index (χ0v) is 13.6. The molecular formula is C14H21N3O4S. The van der Waals surface area contributed by atoms with E-state index in [1.54, 1.807) is 12.3 Å². The fourth-order valence-corrected chi connectivity index (χ4v) is 3.44. The van der Waals surface area contributed by atoms with Crippen LogP contribution in [0.4, 0.5) is 0 Å². The van der Waals surface area contributed by atoms with Crippen molar-refractivity contribution in [3.8, 4) is 5.88 Å². The van der Waals surface area contributed by atoms with Gasteiger partial charge in [0.1, 0.15) is 0 Å². The Hall–Kier alpha value is -1.67. The van der Waals surface area contributed by atoms with Crippen LogP contribution in [0.25, 0.3) is 0 Å². The van der Waals surface area contributed by atoms with Crippen LogP contribution in [0.1, 0.15) is 18.4 Å². The Bertz CT molecular complexity index is 633. The minimum absolute atomic E-state index is 0.140. The molecule has 0 aromatic carbocycles. The van der Waals surface area contributed by atoms with Crippen molar-refractivity contribution in [2.24, 2.45) is 5.92 Å². The number of ether oxygens (including phenoxy) is 1. The predicted octanol–water partition coefficient (Wildman–Crippen LogP) is 0.378. The van der Waals surface area contributed by atoms with Crippen molar-refractivity contribution in [2.45, 2.75) is 19.4 Å². The first-order valence-electron chi connectivity index (χ1n) is 7.12. The van der Waals surface area contributed by atoms with Crippen LogP contribution in [0.5, 0.6) is 5.88 Å². The zero-order chi connectivity index (χ0) is 16.2. The molecule has 122 valence electrons. The number of piperidine rings is 1. The van der Waals surface area contributed by atoms with E-state index in [-0.39, 0.29) is 18.4 Å². The smallest absolute Gasteiger partial charge is 0.224 e. The van der Waals surface area contributed by atoms with E-state index in [9.17, 15) is 13.2 Å². The Morgan fingerprint density at radius 2 is 2.32 bits per heavy atom. The number of hydrogen-bond acceptors (Lipinski definition) is 5. The monoisotopic (exact) mass is 327 g/mol. The Labute approximate surface area is 130 Å². The lowest BCUT2D eigenvalue weighted by Crippen LogP contribution is -2.44. The van der Waals surface area contributed by atoms with Gasteiger partial charge in [0.05, 0.1) is 19.3 Å². The highest BCUT2D eigenvalue weighted by Crippen LogP contribution is 2.19. The highest BCUT2D eigenvalue weighted by molar-refractivity contribution is 7.88. The predicted molar refractivity (Wildman–Crippen MR) is 81.8 cm³/mol. The number of hydrogen-bond donors (Lipinski definition) is 1. The molecule has 0 radical (unpaired) electrons. The highest BCUT2D eigenvalue weighted by atomic mass is 32.2. The number of rotatable bonds is 5. The maximum absolute atomic E-state index is 12.2. The van der Waals surface area contributed by atoms with Crippen LogP contribution < -0.4 is 10.1 Å². The number of pyridine rings is 1. The molecule has 1 amide bonds. The zero-order valence-electron chi connectivity index (χ0n) is 12.8. The van der Waals surface area contributed by atoms with Crippen LogP contribution in [0.2, 0.25) is 0 Å². The SMILES string of the molecule is COc1ncccc1CNC(=O)[C@H]1CCCN(S(C)(=O)=O)C1. The summed E-state index contributed by atoms with van der Waals surface area (Å²) in [7, 11) is -1.72. The van der Waals surface area contributed by atoms with Crippen molar-refractivity contribution in [1.29, 1.82) is 0 Å². The van der Waals surface area contributed by atoms with Crippen molar-refractivity contribution in [3.05, 3.63) is 23.9 Å². The quantitative estimate of drug-likeness (QED) is 0.844. The average Bonchev–Trinajstić information content (AvgIpc) is 2.52. The Morgan fingerprint density at radius 1 is 1.55 bits per heavy atom. The first kappa shape index (κ1) is 16.7. The van der Waals surface area contributed by atoms with Crippen LogP contribution in [-0.2, 0) is 21.4 Å². The standard InChI is InChI=1S/C14H21N3O4S/c1-21-14-11(5-3-7-15-14)9-16-13(18)12-6-4-8-17(10-12)22(2,19)20/h3,5,7,12H,4,6,8-10H2,1-2H3,(H,16,18)/t12-/m0/s1. The molecule has 1 atom stereocenters. The summed E-state index contributed by atoms with van der Waals surface area (Å²) in [4.78, 5) is 16.3. The number of carbonyl (C=O) groups is 1. The first-order valence-corrected chi connectivity index (χ1v) is 8.97. The summed E-state index contributed by atoms with van der Waals surface area (Å²) in [5, 5.41) is 2.83. The lowest BCUT2D eigenvalue weighted by atomic mass is 9.99. The van der Waals surface area contributed by atoms with E-state index < -0.39 is 10.0 Å². The van der Waals surface area contributed by atoms with Crippen molar-refractivity contribution in [2.75, 3.05) is 26.5 Å². The minimum Gasteiger partial charge on any atom is -0.481 e. The highest BCUT2D eigenvalue weighted by Gasteiger charge is 2.30. The van der Waals surface area contributed by atoms with E-state index >= 15 is 0 Å². The van der Waals surface area contributed by atoms with Gasteiger partial charge >= 0.3 is 0 Å². The van der Waals surface area contributed by atoms with Gasteiger partial charge in [-0.1, -0.05) is 6.07 Å². The molecule has 7 nitrogen and oxygen atoms in total. The van der Waals surface area contributed by atoms with E-state index in [1.165, 1.54) is 17.7 Å². The van der Waals surface area contributed by atoms with Crippen molar-refractivity contribution in [1.82, 2.24) is 14.6 Å².